The third-order valence-electron chi connectivity index (χ3n) is 2.83. The van der Waals surface area contributed by atoms with Crippen LogP contribution in [-0.4, -0.2) is 22.2 Å². The van der Waals surface area contributed by atoms with E-state index < -0.39 is 11.9 Å². The molecule has 5 nitrogen and oxygen atoms in total. The van der Waals surface area contributed by atoms with Crippen LogP contribution in [0.1, 0.15) is 32.4 Å². The molecule has 0 fully saturated rings. The number of carbonyl (C=O) groups excluding carboxylic acids is 1. The molecule has 1 rings (SSSR count). The van der Waals surface area contributed by atoms with Gasteiger partial charge in [-0.1, -0.05) is 13.8 Å². The monoisotopic (exact) mass is 252 g/mol. The number of primary amides is 1. The van der Waals surface area contributed by atoms with Gasteiger partial charge in [0.1, 0.15) is 11.5 Å². The highest BCUT2D eigenvalue weighted by molar-refractivity contribution is 5.80. The molecule has 0 radical (unpaired) electrons. The lowest BCUT2D eigenvalue weighted by molar-refractivity contribution is -0.121. The molecule has 0 aliphatic carbocycles. The van der Waals surface area contributed by atoms with Crippen LogP contribution in [-0.2, 0) is 4.79 Å². The van der Waals surface area contributed by atoms with Crippen molar-refractivity contribution in [1.82, 2.24) is 5.32 Å². The van der Waals surface area contributed by atoms with Gasteiger partial charge in [-0.2, -0.15) is 0 Å². The molecule has 0 aromatic heterocycles. The van der Waals surface area contributed by atoms with Crippen molar-refractivity contribution in [2.75, 3.05) is 0 Å². The molecule has 18 heavy (non-hydrogen) atoms. The van der Waals surface area contributed by atoms with Crippen molar-refractivity contribution in [2.45, 2.75) is 32.9 Å². The number of nitrogens with two attached hydrogens (primary N) is 1. The molecular formula is C13H20N2O3. The van der Waals surface area contributed by atoms with Crippen LogP contribution in [0.4, 0.5) is 0 Å². The van der Waals surface area contributed by atoms with Gasteiger partial charge in [0.05, 0.1) is 6.04 Å². The second-order valence-corrected chi connectivity index (χ2v) is 4.80. The molecule has 2 atom stereocenters. The van der Waals surface area contributed by atoms with Crippen molar-refractivity contribution < 1.29 is 15.0 Å². The number of aromatic hydroxyl groups is 2. The molecule has 100 valence electrons. The Morgan fingerprint density at radius 1 is 1.17 bits per heavy atom. The highest BCUT2D eigenvalue weighted by atomic mass is 16.3. The molecule has 0 spiro atoms. The molecule has 2 unspecified atom stereocenters. The molecule has 1 aromatic rings. The van der Waals surface area contributed by atoms with Crippen molar-refractivity contribution in [2.24, 2.45) is 11.7 Å². The van der Waals surface area contributed by atoms with E-state index in [1.807, 2.05) is 20.8 Å². The number of rotatable bonds is 5. The maximum absolute atomic E-state index is 11.3. The number of amides is 1. The highest BCUT2D eigenvalue weighted by Crippen LogP contribution is 2.25. The molecule has 5 heteroatoms. The van der Waals surface area contributed by atoms with E-state index in [-0.39, 0.29) is 23.5 Å². The van der Waals surface area contributed by atoms with Crippen LogP contribution in [0.15, 0.2) is 18.2 Å². The van der Waals surface area contributed by atoms with Gasteiger partial charge >= 0.3 is 0 Å². The normalized spacial score (nSPS) is 14.4. The third kappa shape index (κ3) is 3.63. The van der Waals surface area contributed by atoms with Gasteiger partial charge in [0.15, 0.2) is 0 Å². The van der Waals surface area contributed by atoms with Crippen molar-refractivity contribution >= 4 is 5.91 Å². The van der Waals surface area contributed by atoms with Gasteiger partial charge in [-0.05, 0) is 30.5 Å². The largest absolute Gasteiger partial charge is 0.508 e. The number of benzene rings is 1. The molecule has 1 aromatic carbocycles. The Morgan fingerprint density at radius 3 is 2.06 bits per heavy atom. The Bertz CT molecular complexity index is 412. The Balaban J connectivity index is 2.86. The summed E-state index contributed by atoms with van der Waals surface area (Å²) in [7, 11) is 0. The van der Waals surface area contributed by atoms with Crippen molar-refractivity contribution in [3.8, 4) is 11.5 Å². The average Bonchev–Trinajstić information content (AvgIpc) is 2.23. The van der Waals surface area contributed by atoms with Gasteiger partial charge in [-0.3, -0.25) is 10.1 Å². The van der Waals surface area contributed by atoms with Crippen LogP contribution in [0.25, 0.3) is 0 Å². The van der Waals surface area contributed by atoms with E-state index in [2.05, 4.69) is 5.32 Å². The van der Waals surface area contributed by atoms with Crippen molar-refractivity contribution in [3.63, 3.8) is 0 Å². The van der Waals surface area contributed by atoms with E-state index >= 15 is 0 Å². The first-order chi connectivity index (χ1) is 8.31. The zero-order chi connectivity index (χ0) is 13.9. The zero-order valence-electron chi connectivity index (χ0n) is 10.8. The summed E-state index contributed by atoms with van der Waals surface area (Å²) >= 11 is 0. The summed E-state index contributed by atoms with van der Waals surface area (Å²) in [6.07, 6.45) is 0. The standard InChI is InChI=1S/C13H20N2O3/c1-7(2)12(13(14)18)15-8(3)9-4-10(16)6-11(17)5-9/h4-8,12,15-17H,1-3H3,(H2,14,18). The molecule has 0 aliphatic rings. The summed E-state index contributed by atoms with van der Waals surface area (Å²) in [6.45, 7) is 5.64. The minimum atomic E-state index is -0.454. The Kier molecular flexibility index (Phi) is 4.55. The topological polar surface area (TPSA) is 95.6 Å². The summed E-state index contributed by atoms with van der Waals surface area (Å²) in [5.74, 6) is -0.380. The lowest BCUT2D eigenvalue weighted by Gasteiger charge is -2.24. The molecule has 0 saturated carbocycles. The van der Waals surface area contributed by atoms with E-state index in [9.17, 15) is 15.0 Å². The van der Waals surface area contributed by atoms with Gasteiger partial charge in [-0.25, -0.2) is 0 Å². The highest BCUT2D eigenvalue weighted by Gasteiger charge is 2.22. The van der Waals surface area contributed by atoms with Gasteiger partial charge < -0.3 is 15.9 Å². The van der Waals surface area contributed by atoms with Crippen LogP contribution in [0.2, 0.25) is 0 Å². The average molecular weight is 252 g/mol. The van der Waals surface area contributed by atoms with Crippen LogP contribution in [0, 0.1) is 5.92 Å². The first kappa shape index (κ1) is 14.3. The van der Waals surface area contributed by atoms with E-state index in [1.165, 1.54) is 18.2 Å². The van der Waals surface area contributed by atoms with E-state index in [1.54, 1.807) is 0 Å². The first-order valence-electron chi connectivity index (χ1n) is 5.89. The van der Waals surface area contributed by atoms with Crippen LogP contribution in [0.5, 0.6) is 11.5 Å². The minimum Gasteiger partial charge on any atom is -0.508 e. The predicted molar refractivity (Wildman–Crippen MR) is 69.1 cm³/mol. The van der Waals surface area contributed by atoms with Crippen LogP contribution in [0.3, 0.4) is 0 Å². The maximum Gasteiger partial charge on any atom is 0.234 e. The van der Waals surface area contributed by atoms with Gasteiger partial charge in [0, 0.05) is 12.1 Å². The molecule has 1 amide bonds. The van der Waals surface area contributed by atoms with Gasteiger partial charge in [-0.15, -0.1) is 0 Å². The number of nitrogens with one attached hydrogen (secondary N) is 1. The fourth-order valence-corrected chi connectivity index (χ4v) is 1.84. The summed E-state index contributed by atoms with van der Waals surface area (Å²) in [5.41, 5.74) is 6.02. The summed E-state index contributed by atoms with van der Waals surface area (Å²) in [6, 6.07) is 3.67. The molecule has 0 heterocycles. The Morgan fingerprint density at radius 2 is 1.67 bits per heavy atom. The lowest BCUT2D eigenvalue weighted by Crippen LogP contribution is -2.45. The number of phenolic OH excluding ortho intramolecular Hbond substituents is 2. The van der Waals surface area contributed by atoms with Crippen LogP contribution < -0.4 is 11.1 Å². The number of hydrogen-bond donors (Lipinski definition) is 4. The third-order valence-corrected chi connectivity index (χ3v) is 2.83. The maximum atomic E-state index is 11.3. The van der Waals surface area contributed by atoms with E-state index in [4.69, 9.17) is 5.73 Å². The summed E-state index contributed by atoms with van der Waals surface area (Å²) < 4.78 is 0. The fraction of sp³-hybridized carbons (Fsp3) is 0.462. The Hall–Kier alpha value is -1.75. The first-order valence-corrected chi connectivity index (χ1v) is 5.89. The molecule has 0 aliphatic heterocycles. The lowest BCUT2D eigenvalue weighted by atomic mass is 10.0. The van der Waals surface area contributed by atoms with Gasteiger partial charge in [0.25, 0.3) is 0 Å². The summed E-state index contributed by atoms with van der Waals surface area (Å²) in [5, 5.41) is 21.9. The molecule has 0 saturated heterocycles. The van der Waals surface area contributed by atoms with Crippen molar-refractivity contribution in [3.05, 3.63) is 23.8 Å². The molecule has 0 bridgehead atoms. The van der Waals surface area contributed by atoms with Crippen molar-refractivity contribution in [1.29, 1.82) is 0 Å². The fourth-order valence-electron chi connectivity index (χ4n) is 1.84. The Labute approximate surface area is 107 Å². The second-order valence-electron chi connectivity index (χ2n) is 4.80. The van der Waals surface area contributed by atoms with E-state index in [0.29, 0.717) is 5.56 Å². The summed E-state index contributed by atoms with van der Waals surface area (Å²) in [4.78, 5) is 11.3. The second kappa shape index (κ2) is 5.73. The predicted octanol–water partition coefficient (Wildman–Crippen LogP) is 1.26. The molecular weight excluding hydrogens is 232 g/mol. The SMILES string of the molecule is CC(NC(C(N)=O)C(C)C)c1cc(O)cc(O)c1. The molecule has 5 N–H and O–H groups in total. The number of phenols is 2. The van der Waals surface area contributed by atoms with E-state index in [0.717, 1.165) is 0 Å². The minimum absolute atomic E-state index is 0.0150. The smallest absolute Gasteiger partial charge is 0.234 e. The van der Waals surface area contributed by atoms with Gasteiger partial charge in [0.2, 0.25) is 5.91 Å². The number of carbonyl (C=O) groups is 1. The number of hydrogen-bond acceptors (Lipinski definition) is 4. The zero-order valence-corrected chi connectivity index (χ0v) is 10.8. The van der Waals surface area contributed by atoms with Crippen LogP contribution >= 0.6 is 0 Å². The quantitative estimate of drug-likeness (QED) is 0.634.